The Morgan fingerprint density at radius 1 is 1.17 bits per heavy atom. The third kappa shape index (κ3) is 4.40. The van der Waals surface area contributed by atoms with Crippen molar-refractivity contribution >= 4 is 16.8 Å². The lowest BCUT2D eigenvalue weighted by Gasteiger charge is -2.49. The zero-order valence-corrected chi connectivity index (χ0v) is 20.7. The Balaban J connectivity index is 1.40. The van der Waals surface area contributed by atoms with Gasteiger partial charge in [-0.25, -0.2) is 10.9 Å². The largest absolute Gasteiger partial charge is 0.464 e. The van der Waals surface area contributed by atoms with Crippen LogP contribution >= 0.6 is 0 Å². The molecule has 1 aliphatic carbocycles. The van der Waals surface area contributed by atoms with E-state index in [9.17, 15) is 4.79 Å². The van der Waals surface area contributed by atoms with Crippen molar-refractivity contribution in [2.24, 2.45) is 23.5 Å². The van der Waals surface area contributed by atoms with Crippen molar-refractivity contribution < 1.29 is 9.21 Å². The lowest BCUT2D eigenvalue weighted by Crippen LogP contribution is -2.61. The van der Waals surface area contributed by atoms with Crippen LogP contribution in [0.2, 0.25) is 0 Å². The summed E-state index contributed by atoms with van der Waals surface area (Å²) in [6.07, 6.45) is 9.39. The smallest absolute Gasteiger partial charge is 0.223 e. The summed E-state index contributed by atoms with van der Waals surface area (Å²) >= 11 is 0. The van der Waals surface area contributed by atoms with Crippen LogP contribution in [0.3, 0.4) is 0 Å². The maximum atomic E-state index is 13.8. The number of hydrazine groups is 2. The molecule has 1 aromatic carbocycles. The number of carbonyl (C=O) groups excluding carboxylic acids is 1. The number of hydrogen-bond acceptors (Lipinski definition) is 6. The summed E-state index contributed by atoms with van der Waals surface area (Å²) in [4.78, 5) is 19.4. The monoisotopic (exact) mass is 478 g/mol. The van der Waals surface area contributed by atoms with Gasteiger partial charge in [-0.2, -0.15) is 0 Å². The Labute approximate surface area is 206 Å². The Kier molecular flexibility index (Phi) is 6.72. The van der Waals surface area contributed by atoms with Crippen LogP contribution in [-0.4, -0.2) is 34.5 Å². The highest BCUT2D eigenvalue weighted by atomic mass is 16.3. The zero-order valence-electron chi connectivity index (χ0n) is 20.7. The molecule has 3 aromatic rings. The van der Waals surface area contributed by atoms with Gasteiger partial charge in [0.15, 0.2) is 0 Å². The quantitative estimate of drug-likeness (QED) is 0.200. The summed E-state index contributed by atoms with van der Waals surface area (Å²) < 4.78 is 5.73. The van der Waals surface area contributed by atoms with Gasteiger partial charge in [0, 0.05) is 47.1 Å². The molecule has 35 heavy (non-hydrogen) atoms. The van der Waals surface area contributed by atoms with Crippen LogP contribution in [0.25, 0.3) is 22.2 Å². The number of hydrogen-bond donors (Lipinski definition) is 5. The molecule has 8 heteroatoms. The average molecular weight is 479 g/mol. The van der Waals surface area contributed by atoms with Crippen molar-refractivity contribution in [1.29, 1.82) is 0 Å². The van der Waals surface area contributed by atoms with E-state index in [2.05, 4.69) is 52.9 Å². The molecular formula is C27H38N6O2. The topological polar surface area (TPSA) is 125 Å². The molecule has 2 aliphatic rings. The molecule has 3 unspecified atom stereocenters. The summed E-state index contributed by atoms with van der Waals surface area (Å²) in [5, 5.41) is 1.13. The molecule has 3 heterocycles. The van der Waals surface area contributed by atoms with Crippen LogP contribution in [0.5, 0.6) is 0 Å². The second kappa shape index (κ2) is 9.78. The summed E-state index contributed by atoms with van der Waals surface area (Å²) in [6, 6.07) is 10.3. The number of nitrogens with two attached hydrogens (primary N) is 2. The highest BCUT2D eigenvalue weighted by Crippen LogP contribution is 2.43. The van der Waals surface area contributed by atoms with Crippen LogP contribution in [-0.2, 0) is 10.2 Å². The third-order valence-corrected chi connectivity index (χ3v) is 8.34. The molecule has 7 N–H and O–H groups in total. The first-order chi connectivity index (χ1) is 16.9. The summed E-state index contributed by atoms with van der Waals surface area (Å²) in [7, 11) is 0. The Hall–Kier alpha value is -2.65. The molecule has 1 aliphatic heterocycles. The SMILES string of the molecule is CC(C)(CC(=O)N1CCCC2C(C(NN)NN)CCCC21)c1c[nH]c2cccc(-c3ccco3)c12. The van der Waals surface area contributed by atoms with Crippen LogP contribution < -0.4 is 22.5 Å². The number of fused-ring (bicyclic) bond motifs is 2. The van der Waals surface area contributed by atoms with Gasteiger partial charge < -0.3 is 14.3 Å². The first kappa shape index (κ1) is 24.1. The zero-order chi connectivity index (χ0) is 24.6. The van der Waals surface area contributed by atoms with E-state index in [0.29, 0.717) is 18.3 Å². The average Bonchev–Trinajstić information content (AvgIpc) is 3.55. The van der Waals surface area contributed by atoms with Gasteiger partial charge in [0.2, 0.25) is 5.91 Å². The molecule has 1 saturated heterocycles. The van der Waals surface area contributed by atoms with Crippen LogP contribution in [0, 0.1) is 11.8 Å². The second-order valence-electron chi connectivity index (χ2n) is 10.8. The van der Waals surface area contributed by atoms with Crippen molar-refractivity contribution in [2.45, 2.75) is 70.0 Å². The molecule has 8 nitrogen and oxygen atoms in total. The number of piperidine rings is 1. The van der Waals surface area contributed by atoms with E-state index >= 15 is 0 Å². The minimum absolute atomic E-state index is 0.138. The number of rotatable bonds is 7. The summed E-state index contributed by atoms with van der Waals surface area (Å²) in [5.41, 5.74) is 8.57. The van der Waals surface area contributed by atoms with Gasteiger partial charge in [0.25, 0.3) is 0 Å². The Morgan fingerprint density at radius 3 is 2.74 bits per heavy atom. The van der Waals surface area contributed by atoms with E-state index < -0.39 is 0 Å². The highest BCUT2D eigenvalue weighted by molar-refractivity contribution is 5.97. The molecule has 5 rings (SSSR count). The number of nitrogens with zero attached hydrogens (tertiary/aromatic N) is 1. The number of likely N-dealkylation sites (tertiary alicyclic amines) is 1. The molecule has 1 saturated carbocycles. The fourth-order valence-corrected chi connectivity index (χ4v) is 6.68. The van der Waals surface area contributed by atoms with E-state index in [1.54, 1.807) is 6.26 Å². The van der Waals surface area contributed by atoms with Gasteiger partial charge in [-0.3, -0.25) is 16.5 Å². The number of nitrogens with one attached hydrogen (secondary N) is 3. The highest BCUT2D eigenvalue weighted by Gasteiger charge is 2.44. The molecule has 0 spiro atoms. The van der Waals surface area contributed by atoms with Gasteiger partial charge in [0.05, 0.1) is 12.4 Å². The minimum atomic E-state index is -0.348. The molecule has 0 bridgehead atoms. The maximum Gasteiger partial charge on any atom is 0.223 e. The number of amides is 1. The molecule has 3 atom stereocenters. The first-order valence-corrected chi connectivity index (χ1v) is 12.8. The lowest BCUT2D eigenvalue weighted by atomic mass is 9.69. The predicted molar refractivity (Wildman–Crippen MR) is 138 cm³/mol. The van der Waals surface area contributed by atoms with Crippen LogP contribution in [0.15, 0.2) is 47.2 Å². The van der Waals surface area contributed by atoms with Crippen LogP contribution in [0.4, 0.5) is 0 Å². The second-order valence-corrected chi connectivity index (χ2v) is 10.8. The van der Waals surface area contributed by atoms with Crippen molar-refractivity contribution in [3.05, 3.63) is 48.4 Å². The van der Waals surface area contributed by atoms with Gasteiger partial charge in [-0.15, -0.1) is 0 Å². The van der Waals surface area contributed by atoms with Crippen molar-refractivity contribution in [3.63, 3.8) is 0 Å². The van der Waals surface area contributed by atoms with Crippen molar-refractivity contribution in [3.8, 4) is 11.3 Å². The fraction of sp³-hybridized carbons (Fsp3) is 0.519. The van der Waals surface area contributed by atoms with Gasteiger partial charge in [0.1, 0.15) is 5.76 Å². The lowest BCUT2D eigenvalue weighted by molar-refractivity contribution is -0.140. The van der Waals surface area contributed by atoms with E-state index in [1.807, 2.05) is 18.2 Å². The van der Waals surface area contributed by atoms with E-state index in [-0.39, 0.29) is 23.5 Å². The molecule has 2 aromatic heterocycles. The first-order valence-electron chi connectivity index (χ1n) is 12.8. The third-order valence-electron chi connectivity index (χ3n) is 8.34. The number of furan rings is 1. The van der Waals surface area contributed by atoms with Crippen LogP contribution in [0.1, 0.15) is 57.9 Å². The normalized spacial score (nSPS) is 23.1. The number of aromatic amines is 1. The van der Waals surface area contributed by atoms with E-state index in [0.717, 1.165) is 66.4 Å². The minimum Gasteiger partial charge on any atom is -0.464 e. The maximum absolute atomic E-state index is 13.8. The Bertz CT molecular complexity index is 1150. The fourth-order valence-electron chi connectivity index (χ4n) is 6.68. The van der Waals surface area contributed by atoms with Gasteiger partial charge in [-0.05, 0) is 61.3 Å². The Morgan fingerprint density at radius 2 is 2.00 bits per heavy atom. The summed E-state index contributed by atoms with van der Waals surface area (Å²) in [6.45, 7) is 5.17. The van der Waals surface area contributed by atoms with Crippen molar-refractivity contribution in [2.75, 3.05) is 6.54 Å². The number of H-pyrrole nitrogens is 1. The molecule has 1 amide bonds. The molecular weight excluding hydrogens is 440 g/mol. The van der Waals surface area contributed by atoms with Gasteiger partial charge in [-0.1, -0.05) is 32.4 Å². The predicted octanol–water partition coefficient (Wildman–Crippen LogP) is 3.76. The number of aromatic nitrogens is 1. The molecule has 0 radical (unpaired) electrons. The summed E-state index contributed by atoms with van der Waals surface area (Å²) in [5.74, 6) is 13.3. The van der Waals surface area contributed by atoms with E-state index in [1.165, 1.54) is 0 Å². The molecule has 188 valence electrons. The number of benzene rings is 1. The van der Waals surface area contributed by atoms with E-state index in [4.69, 9.17) is 16.1 Å². The van der Waals surface area contributed by atoms with Gasteiger partial charge >= 0.3 is 0 Å². The van der Waals surface area contributed by atoms with Crippen molar-refractivity contribution in [1.82, 2.24) is 20.7 Å². The number of carbonyl (C=O) groups is 1. The molecule has 2 fully saturated rings. The standard InChI is InChI=1S/C27H38N6O2/c1-27(2,20-16-30-21-10-3-8-19(25(20)21)23-12-6-14-35-23)15-24(34)33-13-5-9-17-18(26(31-28)32-29)7-4-11-22(17)33/h3,6,8,10,12,14,16-18,22,26,30-32H,4-5,7,9,11,13,15,28-29H2,1-2H3.